The number of rotatable bonds is 4. The van der Waals surface area contributed by atoms with Gasteiger partial charge in [0.15, 0.2) is 5.82 Å². The summed E-state index contributed by atoms with van der Waals surface area (Å²) in [6.07, 6.45) is 1.74. The highest BCUT2D eigenvalue weighted by molar-refractivity contribution is 9.10. The zero-order valence-electron chi connectivity index (χ0n) is 12.3. The van der Waals surface area contributed by atoms with E-state index >= 15 is 0 Å². The fraction of sp³-hybridized carbons (Fsp3) is 0.0588. The van der Waals surface area contributed by atoms with Crippen LogP contribution in [0.2, 0.25) is 5.02 Å². The van der Waals surface area contributed by atoms with Gasteiger partial charge in [0.25, 0.3) is 5.91 Å². The van der Waals surface area contributed by atoms with Crippen molar-refractivity contribution >= 4 is 39.3 Å². The van der Waals surface area contributed by atoms with E-state index in [1.165, 1.54) is 24.3 Å². The number of nitrogens with one attached hydrogen (secondary N) is 1. The maximum absolute atomic E-state index is 13.2. The second kappa shape index (κ2) is 7.15. The number of carbonyl (C=O) groups excluding carboxylic acids is 1. The summed E-state index contributed by atoms with van der Waals surface area (Å²) < 4.78 is 15.5. The molecule has 0 bridgehead atoms. The molecular weight excluding hydrogens is 397 g/mol. The van der Waals surface area contributed by atoms with Gasteiger partial charge in [0.05, 0.1) is 11.0 Å². The Hall–Kier alpha value is -2.18. The Balaban J connectivity index is 1.77. The van der Waals surface area contributed by atoms with Crippen molar-refractivity contribution in [3.63, 3.8) is 0 Å². The van der Waals surface area contributed by atoms with Crippen molar-refractivity contribution in [3.05, 3.63) is 81.2 Å². The van der Waals surface area contributed by atoms with Crippen LogP contribution in [0.15, 0.2) is 59.2 Å². The molecule has 24 heavy (non-hydrogen) atoms. The summed E-state index contributed by atoms with van der Waals surface area (Å²) in [4.78, 5) is 12.2. The number of anilines is 1. The summed E-state index contributed by atoms with van der Waals surface area (Å²) in [5.41, 5.74) is 1.14. The smallest absolute Gasteiger partial charge is 0.256 e. The van der Waals surface area contributed by atoms with Crippen molar-refractivity contribution in [1.82, 2.24) is 9.78 Å². The van der Waals surface area contributed by atoms with Crippen molar-refractivity contribution < 1.29 is 9.18 Å². The molecule has 4 nitrogen and oxygen atoms in total. The zero-order valence-corrected chi connectivity index (χ0v) is 14.7. The summed E-state index contributed by atoms with van der Waals surface area (Å²) in [7, 11) is 0. The van der Waals surface area contributed by atoms with E-state index in [-0.39, 0.29) is 5.56 Å². The lowest BCUT2D eigenvalue weighted by Crippen LogP contribution is -2.13. The SMILES string of the molecule is O=C(Nc1nn(Cc2ccccc2Cl)cc1Br)c1cccc(F)c1. The number of benzene rings is 2. The van der Waals surface area contributed by atoms with E-state index in [2.05, 4.69) is 26.3 Å². The van der Waals surface area contributed by atoms with Crippen LogP contribution in [-0.4, -0.2) is 15.7 Å². The Kier molecular flexibility index (Phi) is 4.97. The van der Waals surface area contributed by atoms with Crippen molar-refractivity contribution in [2.45, 2.75) is 6.54 Å². The monoisotopic (exact) mass is 407 g/mol. The first kappa shape index (κ1) is 16.7. The Bertz CT molecular complexity index is 897. The van der Waals surface area contributed by atoms with Gasteiger partial charge in [-0.3, -0.25) is 9.48 Å². The lowest BCUT2D eigenvalue weighted by atomic mass is 10.2. The minimum absolute atomic E-state index is 0.225. The van der Waals surface area contributed by atoms with E-state index in [9.17, 15) is 9.18 Å². The van der Waals surface area contributed by atoms with Gasteiger partial charge in [-0.1, -0.05) is 35.9 Å². The lowest BCUT2D eigenvalue weighted by Gasteiger charge is -2.04. The zero-order chi connectivity index (χ0) is 17.1. The summed E-state index contributed by atoms with van der Waals surface area (Å²) in [6, 6.07) is 12.9. The highest BCUT2D eigenvalue weighted by atomic mass is 79.9. The highest BCUT2D eigenvalue weighted by Crippen LogP contribution is 2.23. The second-order valence-electron chi connectivity index (χ2n) is 5.08. The number of hydrogen-bond acceptors (Lipinski definition) is 2. The average Bonchev–Trinajstić information content (AvgIpc) is 2.89. The van der Waals surface area contributed by atoms with Gasteiger partial charge in [-0.15, -0.1) is 0 Å². The van der Waals surface area contributed by atoms with Gasteiger partial charge >= 0.3 is 0 Å². The van der Waals surface area contributed by atoms with Crippen molar-refractivity contribution in [2.24, 2.45) is 0 Å². The first-order valence-electron chi connectivity index (χ1n) is 7.06. The van der Waals surface area contributed by atoms with Crippen molar-refractivity contribution in [3.8, 4) is 0 Å². The van der Waals surface area contributed by atoms with Gasteiger partial charge in [0, 0.05) is 16.8 Å². The number of amides is 1. The van der Waals surface area contributed by atoms with E-state index in [1.54, 1.807) is 10.9 Å². The molecule has 0 saturated carbocycles. The van der Waals surface area contributed by atoms with Crippen LogP contribution >= 0.6 is 27.5 Å². The molecular formula is C17H12BrClFN3O. The van der Waals surface area contributed by atoms with Crippen LogP contribution < -0.4 is 5.32 Å². The standard InChI is InChI=1S/C17H12BrClFN3O/c18-14-10-23(9-12-4-1-2-7-15(12)19)22-16(14)21-17(24)11-5-3-6-13(20)8-11/h1-8,10H,9H2,(H,21,22,24). The first-order valence-corrected chi connectivity index (χ1v) is 8.23. The third-order valence-corrected chi connectivity index (χ3v) is 4.28. The maximum atomic E-state index is 13.2. The fourth-order valence-corrected chi connectivity index (χ4v) is 2.78. The predicted molar refractivity (Wildman–Crippen MR) is 94.8 cm³/mol. The molecule has 0 aliphatic carbocycles. The molecule has 7 heteroatoms. The first-order chi connectivity index (χ1) is 11.5. The largest absolute Gasteiger partial charge is 0.304 e. The molecule has 1 aromatic heterocycles. The molecule has 3 aromatic rings. The Morgan fingerprint density at radius 1 is 1.25 bits per heavy atom. The van der Waals surface area contributed by atoms with E-state index in [1.807, 2.05) is 24.3 Å². The third kappa shape index (κ3) is 3.83. The van der Waals surface area contributed by atoms with E-state index < -0.39 is 11.7 Å². The van der Waals surface area contributed by atoms with Crippen LogP contribution in [0.25, 0.3) is 0 Å². The van der Waals surface area contributed by atoms with Crippen molar-refractivity contribution in [1.29, 1.82) is 0 Å². The number of hydrogen-bond donors (Lipinski definition) is 1. The molecule has 1 amide bonds. The Morgan fingerprint density at radius 2 is 2.04 bits per heavy atom. The minimum atomic E-state index is -0.467. The average molecular weight is 409 g/mol. The molecule has 0 aliphatic rings. The normalized spacial score (nSPS) is 10.6. The van der Waals surface area contributed by atoms with Gasteiger partial charge in [-0.25, -0.2) is 4.39 Å². The Morgan fingerprint density at radius 3 is 2.79 bits per heavy atom. The second-order valence-corrected chi connectivity index (χ2v) is 6.34. The van der Waals surface area contributed by atoms with Crippen LogP contribution in [0.4, 0.5) is 10.2 Å². The van der Waals surface area contributed by atoms with Gasteiger partial charge in [-0.05, 0) is 45.8 Å². The molecule has 122 valence electrons. The van der Waals surface area contributed by atoms with E-state index in [0.717, 1.165) is 5.56 Å². The van der Waals surface area contributed by atoms with Crippen LogP contribution in [0, 0.1) is 5.82 Å². The molecule has 0 atom stereocenters. The Labute approximate surface area is 151 Å². The molecule has 0 aliphatic heterocycles. The molecule has 2 aromatic carbocycles. The quantitative estimate of drug-likeness (QED) is 0.678. The minimum Gasteiger partial charge on any atom is -0.304 e. The van der Waals surface area contributed by atoms with Crippen LogP contribution in [0.5, 0.6) is 0 Å². The van der Waals surface area contributed by atoms with Crippen LogP contribution in [0.3, 0.4) is 0 Å². The molecule has 0 spiro atoms. The van der Waals surface area contributed by atoms with Crippen LogP contribution in [-0.2, 0) is 6.54 Å². The summed E-state index contributed by atoms with van der Waals surface area (Å²) in [6.45, 7) is 0.466. The third-order valence-electron chi connectivity index (χ3n) is 3.33. The number of aromatic nitrogens is 2. The van der Waals surface area contributed by atoms with Crippen LogP contribution in [0.1, 0.15) is 15.9 Å². The molecule has 3 rings (SSSR count). The molecule has 0 fully saturated rings. The van der Waals surface area contributed by atoms with Gasteiger partial charge in [0.1, 0.15) is 5.82 Å². The molecule has 0 unspecified atom stereocenters. The van der Waals surface area contributed by atoms with E-state index in [4.69, 9.17) is 11.6 Å². The topological polar surface area (TPSA) is 46.9 Å². The van der Waals surface area contributed by atoms with E-state index in [0.29, 0.717) is 21.9 Å². The van der Waals surface area contributed by atoms with Gasteiger partial charge in [0.2, 0.25) is 0 Å². The maximum Gasteiger partial charge on any atom is 0.256 e. The lowest BCUT2D eigenvalue weighted by molar-refractivity contribution is 0.102. The molecule has 0 radical (unpaired) electrons. The number of nitrogens with zero attached hydrogens (tertiary/aromatic N) is 2. The van der Waals surface area contributed by atoms with Gasteiger partial charge < -0.3 is 5.32 Å². The van der Waals surface area contributed by atoms with Gasteiger partial charge in [-0.2, -0.15) is 5.10 Å². The number of halogens is 3. The molecule has 1 heterocycles. The summed E-state index contributed by atoms with van der Waals surface area (Å²) >= 11 is 9.50. The summed E-state index contributed by atoms with van der Waals surface area (Å²) in [5.74, 6) is -0.541. The predicted octanol–water partition coefficient (Wildman–Crippen LogP) is 4.74. The fourth-order valence-electron chi connectivity index (χ4n) is 2.17. The van der Waals surface area contributed by atoms with Crippen molar-refractivity contribution in [2.75, 3.05) is 5.32 Å². The highest BCUT2D eigenvalue weighted by Gasteiger charge is 2.13. The molecule has 1 N–H and O–H groups in total. The number of carbonyl (C=O) groups is 1. The summed E-state index contributed by atoms with van der Waals surface area (Å²) in [5, 5.41) is 7.62. The molecule has 0 saturated heterocycles.